The summed E-state index contributed by atoms with van der Waals surface area (Å²) in [4.78, 5) is 2.49. The van der Waals surface area contributed by atoms with Crippen molar-refractivity contribution in [3.63, 3.8) is 0 Å². The van der Waals surface area contributed by atoms with Crippen LogP contribution in [0.25, 0.3) is 0 Å². The van der Waals surface area contributed by atoms with Crippen LogP contribution in [0.5, 0.6) is 0 Å². The maximum atomic E-state index is 6.20. The third-order valence-electron chi connectivity index (χ3n) is 3.93. The van der Waals surface area contributed by atoms with E-state index in [4.69, 9.17) is 11.6 Å². The van der Waals surface area contributed by atoms with Crippen molar-refractivity contribution in [1.29, 1.82) is 0 Å². The van der Waals surface area contributed by atoms with Crippen molar-refractivity contribution < 1.29 is 0 Å². The van der Waals surface area contributed by atoms with Crippen LogP contribution in [0.3, 0.4) is 0 Å². The number of nitrogens with zero attached hydrogens (tertiary/aromatic N) is 1. The standard InChI is InChI=1S/C14H21ClN2/c1-10-13(15)5-4-6-14(10)17-8-7-12(9-16-3)11(17)2/h4-6,11-12,16H,7-9H2,1-3H3. The number of hydrogen-bond acceptors (Lipinski definition) is 2. The summed E-state index contributed by atoms with van der Waals surface area (Å²) < 4.78 is 0. The Morgan fingerprint density at radius 2 is 2.24 bits per heavy atom. The van der Waals surface area contributed by atoms with Crippen molar-refractivity contribution in [3.8, 4) is 0 Å². The largest absolute Gasteiger partial charge is 0.368 e. The van der Waals surface area contributed by atoms with Crippen LogP contribution in [0.2, 0.25) is 5.02 Å². The van der Waals surface area contributed by atoms with Crippen LogP contribution in [0, 0.1) is 12.8 Å². The van der Waals surface area contributed by atoms with Crippen molar-refractivity contribution in [2.75, 3.05) is 25.0 Å². The van der Waals surface area contributed by atoms with E-state index >= 15 is 0 Å². The summed E-state index contributed by atoms with van der Waals surface area (Å²) in [5.41, 5.74) is 2.50. The minimum absolute atomic E-state index is 0.583. The lowest BCUT2D eigenvalue weighted by molar-refractivity contribution is 0.473. The van der Waals surface area contributed by atoms with Gasteiger partial charge in [0.05, 0.1) is 0 Å². The molecule has 2 rings (SSSR count). The van der Waals surface area contributed by atoms with Crippen molar-refractivity contribution in [2.24, 2.45) is 5.92 Å². The van der Waals surface area contributed by atoms with Crippen LogP contribution in [0.4, 0.5) is 5.69 Å². The lowest BCUT2D eigenvalue weighted by Gasteiger charge is -2.28. The maximum Gasteiger partial charge on any atom is 0.0455 e. The van der Waals surface area contributed by atoms with E-state index in [2.05, 4.69) is 30.1 Å². The van der Waals surface area contributed by atoms with Crippen molar-refractivity contribution in [1.82, 2.24) is 5.32 Å². The molecule has 0 aromatic heterocycles. The fraction of sp³-hybridized carbons (Fsp3) is 0.571. The molecule has 1 saturated heterocycles. The molecule has 1 aliphatic rings. The van der Waals surface area contributed by atoms with Gasteiger partial charge in [0.2, 0.25) is 0 Å². The van der Waals surface area contributed by atoms with Crippen molar-refractivity contribution in [2.45, 2.75) is 26.3 Å². The molecule has 2 nitrogen and oxygen atoms in total. The number of benzene rings is 1. The normalized spacial score (nSPS) is 24.4. The van der Waals surface area contributed by atoms with Gasteiger partial charge < -0.3 is 10.2 Å². The molecule has 0 radical (unpaired) electrons. The first-order chi connectivity index (χ1) is 8.15. The maximum absolute atomic E-state index is 6.20. The number of halogens is 1. The average Bonchev–Trinajstić information content (AvgIpc) is 2.66. The molecule has 1 aromatic rings. The molecule has 0 aliphatic carbocycles. The highest BCUT2D eigenvalue weighted by Crippen LogP contribution is 2.33. The molecule has 0 spiro atoms. The molecule has 0 saturated carbocycles. The van der Waals surface area contributed by atoms with E-state index in [9.17, 15) is 0 Å². The molecular formula is C14H21ClN2. The van der Waals surface area contributed by atoms with Crippen LogP contribution < -0.4 is 10.2 Å². The lowest BCUT2D eigenvalue weighted by Crippen LogP contribution is -2.33. The van der Waals surface area contributed by atoms with E-state index in [1.807, 2.05) is 19.2 Å². The second kappa shape index (κ2) is 5.28. The summed E-state index contributed by atoms with van der Waals surface area (Å²) in [5.74, 6) is 0.735. The molecule has 2 unspecified atom stereocenters. The molecule has 1 N–H and O–H groups in total. The highest BCUT2D eigenvalue weighted by Gasteiger charge is 2.30. The summed E-state index contributed by atoms with van der Waals surface area (Å²) in [7, 11) is 2.03. The van der Waals surface area contributed by atoms with Gasteiger partial charge in [-0.05, 0) is 57.5 Å². The van der Waals surface area contributed by atoms with Gasteiger partial charge in [-0.2, -0.15) is 0 Å². The van der Waals surface area contributed by atoms with Crippen LogP contribution in [-0.2, 0) is 0 Å². The predicted octanol–water partition coefficient (Wildman–Crippen LogP) is 3.08. The first-order valence-electron chi connectivity index (χ1n) is 6.31. The number of hydrogen-bond donors (Lipinski definition) is 1. The molecule has 2 atom stereocenters. The molecule has 17 heavy (non-hydrogen) atoms. The molecule has 1 aliphatic heterocycles. The second-order valence-corrected chi connectivity index (χ2v) is 5.33. The van der Waals surface area contributed by atoms with Gasteiger partial charge >= 0.3 is 0 Å². The fourth-order valence-electron chi connectivity index (χ4n) is 2.79. The zero-order chi connectivity index (χ0) is 12.4. The highest BCUT2D eigenvalue weighted by molar-refractivity contribution is 6.31. The van der Waals surface area contributed by atoms with Crippen LogP contribution in [0.1, 0.15) is 18.9 Å². The molecule has 0 bridgehead atoms. The summed E-state index contributed by atoms with van der Waals surface area (Å²) in [6.45, 7) is 6.65. The van der Waals surface area contributed by atoms with Gasteiger partial charge in [-0.25, -0.2) is 0 Å². The molecule has 94 valence electrons. The van der Waals surface area contributed by atoms with E-state index < -0.39 is 0 Å². The van der Waals surface area contributed by atoms with E-state index in [1.54, 1.807) is 0 Å². The smallest absolute Gasteiger partial charge is 0.0455 e. The highest BCUT2D eigenvalue weighted by atomic mass is 35.5. The van der Waals surface area contributed by atoms with Gasteiger partial charge in [0.1, 0.15) is 0 Å². The monoisotopic (exact) mass is 252 g/mol. The Balaban J connectivity index is 2.21. The Bertz CT molecular complexity index is 392. The average molecular weight is 253 g/mol. The first kappa shape index (κ1) is 12.7. The topological polar surface area (TPSA) is 15.3 Å². The van der Waals surface area contributed by atoms with Gasteiger partial charge in [-0.1, -0.05) is 17.7 Å². The molecular weight excluding hydrogens is 232 g/mol. The van der Waals surface area contributed by atoms with Crippen LogP contribution in [-0.4, -0.2) is 26.2 Å². The number of rotatable bonds is 3. The van der Waals surface area contributed by atoms with Crippen molar-refractivity contribution in [3.05, 3.63) is 28.8 Å². The molecule has 3 heteroatoms. The van der Waals surface area contributed by atoms with Gasteiger partial charge in [-0.15, -0.1) is 0 Å². The molecule has 1 aromatic carbocycles. The Labute approximate surface area is 109 Å². The van der Waals surface area contributed by atoms with E-state index in [0.717, 1.165) is 24.0 Å². The Hall–Kier alpha value is -0.730. The van der Waals surface area contributed by atoms with Crippen LogP contribution in [0.15, 0.2) is 18.2 Å². The van der Waals surface area contributed by atoms with E-state index in [0.29, 0.717) is 6.04 Å². The number of nitrogens with one attached hydrogen (secondary N) is 1. The summed E-state index contributed by atoms with van der Waals surface area (Å²) >= 11 is 6.20. The van der Waals surface area contributed by atoms with E-state index in [-0.39, 0.29) is 0 Å². The minimum atomic E-state index is 0.583. The predicted molar refractivity (Wildman–Crippen MR) is 75.0 cm³/mol. The number of anilines is 1. The lowest BCUT2D eigenvalue weighted by atomic mass is 10.0. The summed E-state index contributed by atoms with van der Waals surface area (Å²) in [5, 5.41) is 4.15. The fourth-order valence-corrected chi connectivity index (χ4v) is 2.96. The zero-order valence-electron chi connectivity index (χ0n) is 10.8. The Morgan fingerprint density at radius 1 is 1.47 bits per heavy atom. The third kappa shape index (κ3) is 2.43. The Morgan fingerprint density at radius 3 is 2.94 bits per heavy atom. The quantitative estimate of drug-likeness (QED) is 0.890. The van der Waals surface area contributed by atoms with Gasteiger partial charge in [0.15, 0.2) is 0 Å². The second-order valence-electron chi connectivity index (χ2n) is 4.92. The Kier molecular flexibility index (Phi) is 3.95. The van der Waals surface area contributed by atoms with Gasteiger partial charge in [0, 0.05) is 23.3 Å². The third-order valence-corrected chi connectivity index (χ3v) is 4.34. The van der Waals surface area contributed by atoms with Gasteiger partial charge in [-0.3, -0.25) is 0 Å². The summed E-state index contributed by atoms with van der Waals surface area (Å²) in [6.07, 6.45) is 1.26. The van der Waals surface area contributed by atoms with Crippen LogP contribution >= 0.6 is 11.6 Å². The molecule has 0 amide bonds. The first-order valence-corrected chi connectivity index (χ1v) is 6.69. The van der Waals surface area contributed by atoms with Gasteiger partial charge in [0.25, 0.3) is 0 Å². The minimum Gasteiger partial charge on any atom is -0.368 e. The van der Waals surface area contributed by atoms with Crippen molar-refractivity contribution >= 4 is 17.3 Å². The zero-order valence-corrected chi connectivity index (χ0v) is 11.6. The molecule has 1 heterocycles. The summed E-state index contributed by atoms with van der Waals surface area (Å²) in [6, 6.07) is 6.77. The molecule has 1 fully saturated rings. The SMILES string of the molecule is CNCC1CCN(c2cccc(Cl)c2C)C1C. The van der Waals surface area contributed by atoms with E-state index in [1.165, 1.54) is 17.7 Å².